The van der Waals surface area contributed by atoms with Crippen LogP contribution in [0.2, 0.25) is 0 Å². The van der Waals surface area contributed by atoms with E-state index >= 15 is 0 Å². The Bertz CT molecular complexity index is 539. The lowest BCUT2D eigenvalue weighted by Crippen LogP contribution is -2.20. The Labute approximate surface area is 106 Å². The molecular formula is C16H19Si. The van der Waals surface area contributed by atoms with E-state index in [1.807, 2.05) is 0 Å². The van der Waals surface area contributed by atoms with E-state index in [1.54, 1.807) is 0 Å². The molecule has 0 bridgehead atoms. The van der Waals surface area contributed by atoms with Crippen LogP contribution in [0, 0.1) is 20.8 Å². The number of fused-ring (bicyclic) bond motifs is 1. The number of allylic oxidation sites excluding steroid dienone is 1. The third-order valence-corrected chi connectivity index (χ3v) is 6.01. The molecule has 0 fully saturated rings. The summed E-state index contributed by atoms with van der Waals surface area (Å²) in [5.41, 5.74) is 12.8. The van der Waals surface area contributed by atoms with Gasteiger partial charge < -0.3 is 0 Å². The molecule has 0 heterocycles. The minimum Gasteiger partial charge on any atom is -0.106 e. The van der Waals surface area contributed by atoms with Crippen LogP contribution in [0.25, 0.3) is 10.8 Å². The maximum absolute atomic E-state index is 3.94. The molecule has 0 N–H and O–H groups in total. The molecule has 1 aromatic carbocycles. The van der Waals surface area contributed by atoms with Gasteiger partial charge in [-0.2, -0.15) is 0 Å². The first-order chi connectivity index (χ1) is 8.02. The number of hydrogen-bond acceptors (Lipinski definition) is 0. The number of rotatable bonds is 3. The van der Waals surface area contributed by atoms with Crippen molar-refractivity contribution in [1.82, 2.24) is 0 Å². The van der Waals surface area contributed by atoms with Crippen molar-refractivity contribution in [3.05, 3.63) is 58.4 Å². The smallest absolute Gasteiger partial charge is 0.106 e. The van der Waals surface area contributed by atoms with Crippen molar-refractivity contribution < 1.29 is 0 Å². The minimum atomic E-state index is -0.764. The molecule has 0 nitrogen and oxygen atoms in total. The number of aryl methyl sites for hydroxylation is 1. The summed E-state index contributed by atoms with van der Waals surface area (Å²) in [5, 5.41) is 1.50. The fourth-order valence-electron chi connectivity index (χ4n) is 2.69. The number of hydrogen-bond donors (Lipinski definition) is 0. The third kappa shape index (κ3) is 1.57. The molecule has 0 amide bonds. The van der Waals surface area contributed by atoms with Gasteiger partial charge in [-0.05, 0) is 66.3 Å². The zero-order chi connectivity index (χ0) is 12.7. The molecule has 0 saturated carbocycles. The van der Waals surface area contributed by atoms with Gasteiger partial charge in [-0.1, -0.05) is 17.5 Å². The van der Waals surface area contributed by atoms with Crippen LogP contribution in [0.15, 0.2) is 30.6 Å². The van der Waals surface area contributed by atoms with E-state index in [9.17, 15) is 0 Å². The Morgan fingerprint density at radius 1 is 1.00 bits per heavy atom. The molecule has 1 aliphatic carbocycles. The van der Waals surface area contributed by atoms with Crippen LogP contribution in [-0.2, 0) is 0 Å². The molecule has 0 aliphatic heterocycles. The summed E-state index contributed by atoms with van der Waals surface area (Å²) in [6, 6.07) is 2.33. The highest BCUT2D eigenvalue weighted by molar-refractivity contribution is 6.89. The van der Waals surface area contributed by atoms with Crippen LogP contribution in [-0.4, -0.2) is 8.80 Å². The molecule has 1 aliphatic rings. The SMILES string of the molecule is C=C[Si](C=C)C1=C(C)c2c1cc(C)c(C)c2C. The molecule has 87 valence electrons. The summed E-state index contributed by atoms with van der Waals surface area (Å²) in [6.07, 6.45) is 0. The van der Waals surface area contributed by atoms with Gasteiger partial charge in [0.25, 0.3) is 0 Å². The zero-order valence-corrected chi connectivity index (χ0v) is 12.1. The van der Waals surface area contributed by atoms with E-state index in [-0.39, 0.29) is 0 Å². The summed E-state index contributed by atoms with van der Waals surface area (Å²) in [4.78, 5) is 0. The van der Waals surface area contributed by atoms with E-state index < -0.39 is 8.80 Å². The molecule has 1 aromatic rings. The molecule has 0 saturated heterocycles. The van der Waals surface area contributed by atoms with E-state index in [2.05, 4.69) is 58.3 Å². The van der Waals surface area contributed by atoms with Gasteiger partial charge in [0, 0.05) is 0 Å². The molecule has 1 heteroatoms. The maximum Gasteiger partial charge on any atom is 0.139 e. The Morgan fingerprint density at radius 2 is 1.59 bits per heavy atom. The first kappa shape index (κ1) is 12.1. The molecular weight excluding hydrogens is 220 g/mol. The highest BCUT2D eigenvalue weighted by Crippen LogP contribution is 2.45. The molecule has 2 rings (SSSR count). The quantitative estimate of drug-likeness (QED) is 0.688. The van der Waals surface area contributed by atoms with Gasteiger partial charge in [0.15, 0.2) is 0 Å². The maximum atomic E-state index is 3.94. The molecule has 0 atom stereocenters. The van der Waals surface area contributed by atoms with Gasteiger partial charge in [0.05, 0.1) is 0 Å². The second kappa shape index (κ2) is 4.15. The first-order valence-corrected chi connectivity index (χ1v) is 7.63. The first-order valence-electron chi connectivity index (χ1n) is 5.97. The van der Waals surface area contributed by atoms with Crippen molar-refractivity contribution in [2.45, 2.75) is 27.7 Å². The Kier molecular flexibility index (Phi) is 2.96. The highest BCUT2D eigenvalue weighted by Gasteiger charge is 2.29. The summed E-state index contributed by atoms with van der Waals surface area (Å²) >= 11 is 0. The van der Waals surface area contributed by atoms with Gasteiger partial charge in [-0.3, -0.25) is 0 Å². The lowest BCUT2D eigenvalue weighted by molar-refractivity contribution is 1.22. The summed E-state index contributed by atoms with van der Waals surface area (Å²) in [5.74, 6) is 0. The molecule has 0 aromatic heterocycles. The summed E-state index contributed by atoms with van der Waals surface area (Å²) in [7, 11) is -0.764. The van der Waals surface area contributed by atoms with Crippen LogP contribution in [0.4, 0.5) is 0 Å². The average molecular weight is 239 g/mol. The Balaban J connectivity index is 2.61. The standard InChI is InChI=1S/C16H19Si/c1-7-17(8-2)16-13(6)15-12(5)11(4)10(3)9-14(15)16/h7-9H,1-2H2,3-6H3. The zero-order valence-electron chi connectivity index (χ0n) is 11.1. The fraction of sp³-hybridized carbons (Fsp3) is 0.250. The topological polar surface area (TPSA) is 0 Å². The van der Waals surface area contributed by atoms with Crippen LogP contribution in [0.5, 0.6) is 0 Å². The summed E-state index contributed by atoms with van der Waals surface area (Å²) in [6.45, 7) is 16.8. The van der Waals surface area contributed by atoms with E-state index in [0.29, 0.717) is 0 Å². The minimum absolute atomic E-state index is 0.764. The van der Waals surface area contributed by atoms with Crippen LogP contribution in [0.3, 0.4) is 0 Å². The summed E-state index contributed by atoms with van der Waals surface area (Å²) < 4.78 is 0. The predicted octanol–water partition coefficient (Wildman–Crippen LogP) is 4.34. The Hall–Kier alpha value is -1.34. The largest absolute Gasteiger partial charge is 0.139 e. The second-order valence-corrected chi connectivity index (χ2v) is 6.96. The predicted molar refractivity (Wildman–Crippen MR) is 79.3 cm³/mol. The lowest BCUT2D eigenvalue weighted by atomic mass is 9.82. The monoisotopic (exact) mass is 239 g/mol. The average Bonchev–Trinajstić information content (AvgIpc) is 2.32. The molecule has 0 unspecified atom stereocenters. The third-order valence-electron chi connectivity index (χ3n) is 3.91. The van der Waals surface area contributed by atoms with Gasteiger partial charge in [0.1, 0.15) is 8.80 Å². The van der Waals surface area contributed by atoms with E-state index in [1.165, 1.54) is 38.6 Å². The highest BCUT2D eigenvalue weighted by atomic mass is 28.3. The van der Waals surface area contributed by atoms with Gasteiger partial charge in [-0.15, -0.1) is 13.2 Å². The second-order valence-electron chi connectivity index (χ2n) is 4.73. The van der Waals surface area contributed by atoms with Gasteiger partial charge in [0.2, 0.25) is 0 Å². The molecule has 17 heavy (non-hydrogen) atoms. The van der Waals surface area contributed by atoms with E-state index in [0.717, 1.165) is 0 Å². The van der Waals surface area contributed by atoms with Gasteiger partial charge in [-0.25, -0.2) is 0 Å². The van der Waals surface area contributed by atoms with Crippen LogP contribution < -0.4 is 0 Å². The van der Waals surface area contributed by atoms with E-state index in [4.69, 9.17) is 0 Å². The van der Waals surface area contributed by atoms with Crippen molar-refractivity contribution >= 4 is 19.6 Å². The number of benzene rings is 1. The van der Waals surface area contributed by atoms with Crippen molar-refractivity contribution in [3.8, 4) is 0 Å². The normalized spacial score (nSPS) is 13.5. The van der Waals surface area contributed by atoms with Crippen LogP contribution >= 0.6 is 0 Å². The van der Waals surface area contributed by atoms with Crippen molar-refractivity contribution in [2.75, 3.05) is 0 Å². The molecule has 1 radical (unpaired) electrons. The van der Waals surface area contributed by atoms with Crippen molar-refractivity contribution in [3.63, 3.8) is 0 Å². The Morgan fingerprint density at radius 3 is 2.12 bits per heavy atom. The fourth-order valence-corrected chi connectivity index (χ4v) is 4.33. The van der Waals surface area contributed by atoms with Crippen molar-refractivity contribution in [2.24, 2.45) is 0 Å². The van der Waals surface area contributed by atoms with Crippen molar-refractivity contribution in [1.29, 1.82) is 0 Å². The molecule has 0 spiro atoms. The lowest BCUT2D eigenvalue weighted by Gasteiger charge is -2.32. The van der Waals surface area contributed by atoms with Crippen LogP contribution in [0.1, 0.15) is 34.7 Å². The van der Waals surface area contributed by atoms with Gasteiger partial charge >= 0.3 is 0 Å².